The van der Waals surface area contributed by atoms with Gasteiger partial charge in [0.05, 0.1) is 0 Å². The van der Waals surface area contributed by atoms with Crippen LogP contribution in [-0.2, 0) is 0 Å². The van der Waals surface area contributed by atoms with E-state index in [4.69, 9.17) is 16.5 Å². The monoisotopic (exact) mass is 423 g/mol. The van der Waals surface area contributed by atoms with Gasteiger partial charge in [0.1, 0.15) is 0 Å². The van der Waals surface area contributed by atoms with E-state index in [0.717, 1.165) is 33.6 Å². The van der Waals surface area contributed by atoms with Crippen LogP contribution >= 0.6 is 0 Å². The molecule has 2 heterocycles. The fourth-order valence-corrected chi connectivity index (χ4v) is 4.45. The van der Waals surface area contributed by atoms with Crippen LogP contribution in [0.1, 0.15) is 11.1 Å². The molecular weight excluding hydrogens is 410 g/mol. The van der Waals surface area contributed by atoms with Crippen LogP contribution < -0.4 is 7.06 Å². The molecule has 133 valence electrons. The van der Waals surface area contributed by atoms with Crippen molar-refractivity contribution in [3.8, 4) is 11.5 Å². The fraction of sp³-hybridized carbons (Fsp3) is 0. The zero-order chi connectivity index (χ0) is 18.8. The first-order chi connectivity index (χ1) is 13.9. The molecule has 1 aliphatic heterocycles. The zero-order valence-corrected chi connectivity index (χ0v) is 17.2. The number of benzene rings is 3. The van der Waals surface area contributed by atoms with E-state index in [9.17, 15) is 0 Å². The normalized spacial score (nSPS) is 14.0. The summed E-state index contributed by atoms with van der Waals surface area (Å²) in [5.41, 5.74) is 3.19. The second-order valence-electron chi connectivity index (χ2n) is 6.18. The van der Waals surface area contributed by atoms with Gasteiger partial charge in [-0.05, 0) is 0 Å². The Morgan fingerprint density at radius 2 is 1.25 bits per heavy atom. The third-order valence-corrected chi connectivity index (χ3v) is 5.86. The predicted molar refractivity (Wildman–Crippen MR) is 111 cm³/mol. The van der Waals surface area contributed by atoms with Crippen molar-refractivity contribution in [2.75, 3.05) is 0 Å². The van der Waals surface area contributed by atoms with Crippen LogP contribution in [0.15, 0.2) is 87.2 Å². The maximum absolute atomic E-state index is 5.99. The van der Waals surface area contributed by atoms with E-state index in [1.54, 1.807) is 12.4 Å². The van der Waals surface area contributed by atoms with E-state index in [0.29, 0.717) is 11.6 Å². The molecule has 4 aromatic rings. The molecular formula is C22H14GaN2O3. The van der Waals surface area contributed by atoms with Crippen molar-refractivity contribution < 1.29 is 11.5 Å². The zero-order valence-electron chi connectivity index (χ0n) is 14.8. The van der Waals surface area contributed by atoms with Crippen molar-refractivity contribution >= 4 is 53.1 Å². The molecule has 0 aliphatic carbocycles. The second-order valence-corrected chi connectivity index (χ2v) is 7.57. The van der Waals surface area contributed by atoms with Crippen LogP contribution in [0.3, 0.4) is 0 Å². The average molecular weight is 424 g/mol. The van der Waals surface area contributed by atoms with Gasteiger partial charge in [0, 0.05) is 0 Å². The molecule has 0 bridgehead atoms. The summed E-state index contributed by atoms with van der Waals surface area (Å²) in [6.07, 6.45) is 3.53. The summed E-state index contributed by atoms with van der Waals surface area (Å²) in [7, 11) is 0. The molecule has 0 fully saturated rings. The molecule has 0 spiro atoms. The number of para-hydroxylation sites is 3. The van der Waals surface area contributed by atoms with Gasteiger partial charge in [-0.15, -0.1) is 0 Å². The third kappa shape index (κ3) is 3.24. The summed E-state index contributed by atoms with van der Waals surface area (Å²) < 4.78 is 17.9. The standard InChI is InChI=1S/C22H16N2O3.Ga/c25-18-10-4-1-7-15(18)13-23-21-17-9-3-6-12-20(17)27-22(21)24-14-16-8-2-5-11-19(16)26;/h1-14,25-26H;/q;+2/p-2/b23-13?,24-14+;. The molecule has 0 atom stereocenters. The molecule has 1 aliphatic rings. The van der Waals surface area contributed by atoms with Crippen LogP contribution in [0.2, 0.25) is 0 Å². The van der Waals surface area contributed by atoms with Gasteiger partial charge in [0.15, 0.2) is 0 Å². The van der Waals surface area contributed by atoms with Crippen molar-refractivity contribution in [1.29, 1.82) is 0 Å². The molecule has 5 nitrogen and oxygen atoms in total. The van der Waals surface area contributed by atoms with E-state index in [2.05, 4.69) is 4.99 Å². The summed E-state index contributed by atoms with van der Waals surface area (Å²) >= 11 is -1.44. The van der Waals surface area contributed by atoms with Crippen LogP contribution in [0, 0.1) is 0 Å². The molecule has 1 radical (unpaired) electrons. The Hall–Kier alpha value is -3.22. The molecule has 0 saturated heterocycles. The van der Waals surface area contributed by atoms with Crippen LogP contribution in [0.25, 0.3) is 11.0 Å². The summed E-state index contributed by atoms with van der Waals surface area (Å²) in [5, 5.41) is 0.916. The van der Waals surface area contributed by atoms with Gasteiger partial charge >= 0.3 is 170 Å². The Morgan fingerprint density at radius 1 is 0.643 bits per heavy atom. The van der Waals surface area contributed by atoms with Crippen molar-refractivity contribution in [2.24, 2.45) is 9.98 Å². The van der Waals surface area contributed by atoms with Crippen molar-refractivity contribution in [3.63, 3.8) is 0 Å². The van der Waals surface area contributed by atoms with E-state index in [1.807, 2.05) is 72.8 Å². The summed E-state index contributed by atoms with van der Waals surface area (Å²) in [4.78, 5) is 9.28. The van der Waals surface area contributed by atoms with Gasteiger partial charge in [0.2, 0.25) is 0 Å². The first-order valence-corrected chi connectivity index (χ1v) is 10.8. The van der Waals surface area contributed by atoms with Crippen LogP contribution in [-0.4, -0.2) is 30.6 Å². The van der Waals surface area contributed by atoms with Gasteiger partial charge in [-0.1, -0.05) is 0 Å². The average Bonchev–Trinajstić information content (AvgIpc) is 3.09. The summed E-state index contributed by atoms with van der Waals surface area (Å²) in [6, 6.07) is 23.3. The van der Waals surface area contributed by atoms with Crippen LogP contribution in [0.4, 0.5) is 11.6 Å². The Labute approximate surface area is 170 Å². The number of furan rings is 1. The summed E-state index contributed by atoms with van der Waals surface area (Å²) in [5.74, 6) is 1.98. The van der Waals surface area contributed by atoms with Crippen LogP contribution in [0.5, 0.6) is 11.5 Å². The molecule has 5 rings (SSSR count). The van der Waals surface area contributed by atoms with Gasteiger partial charge in [-0.25, -0.2) is 0 Å². The molecule has 0 unspecified atom stereocenters. The molecule has 3 aromatic carbocycles. The number of aliphatic imine (C=N–C) groups is 2. The van der Waals surface area contributed by atoms with E-state index < -0.39 is 18.1 Å². The number of hydrogen-bond acceptors (Lipinski definition) is 5. The van der Waals surface area contributed by atoms with E-state index in [1.165, 1.54) is 0 Å². The quantitative estimate of drug-likeness (QED) is 0.363. The SMILES string of the molecule is C1=Nc2c(oc3ccccc23)/N=C/c2ccccc2[O][Ga][O]c2ccccc21. The Balaban J connectivity index is 1.71. The fourth-order valence-electron chi connectivity index (χ4n) is 3.01. The van der Waals surface area contributed by atoms with E-state index >= 15 is 0 Å². The summed E-state index contributed by atoms with van der Waals surface area (Å²) in [6.45, 7) is 0. The first kappa shape index (κ1) is 16.9. The molecule has 1 aromatic heterocycles. The first-order valence-electron chi connectivity index (χ1n) is 8.81. The third-order valence-electron chi connectivity index (χ3n) is 4.39. The Kier molecular flexibility index (Phi) is 4.48. The second kappa shape index (κ2) is 7.42. The number of nitrogens with zero attached hydrogens (tertiary/aromatic N) is 2. The Bertz CT molecular complexity index is 1210. The van der Waals surface area contributed by atoms with Crippen molar-refractivity contribution in [1.82, 2.24) is 0 Å². The molecule has 28 heavy (non-hydrogen) atoms. The maximum atomic E-state index is 5.99. The van der Waals surface area contributed by atoms with Gasteiger partial charge in [-0.3, -0.25) is 0 Å². The minimum atomic E-state index is -1.44. The number of hydrogen-bond donors (Lipinski definition) is 0. The molecule has 6 heteroatoms. The minimum absolute atomic E-state index is 0.462. The predicted octanol–water partition coefficient (Wildman–Crippen LogP) is 5.24. The Morgan fingerprint density at radius 3 is 2.00 bits per heavy atom. The number of rotatable bonds is 0. The van der Waals surface area contributed by atoms with E-state index in [-0.39, 0.29) is 0 Å². The molecule has 0 saturated carbocycles. The van der Waals surface area contributed by atoms with Gasteiger partial charge in [0.25, 0.3) is 0 Å². The van der Waals surface area contributed by atoms with Gasteiger partial charge in [-0.2, -0.15) is 0 Å². The number of fused-ring (bicyclic) bond motifs is 5. The molecule has 0 amide bonds. The van der Waals surface area contributed by atoms with Gasteiger partial charge < -0.3 is 0 Å². The topological polar surface area (TPSA) is 56.3 Å². The van der Waals surface area contributed by atoms with Crippen molar-refractivity contribution in [3.05, 3.63) is 83.9 Å². The molecule has 0 N–H and O–H groups in total. The van der Waals surface area contributed by atoms with Crippen molar-refractivity contribution in [2.45, 2.75) is 0 Å².